The third-order valence-corrected chi connectivity index (χ3v) is 2.82. The molecule has 2 rings (SSSR count). The Balaban J connectivity index is 2.04. The molecule has 0 aliphatic carbocycles. The highest BCUT2D eigenvalue weighted by atomic mass is 16.7. The van der Waals surface area contributed by atoms with Gasteiger partial charge in [0.1, 0.15) is 11.3 Å². The molecule has 4 heteroatoms. The van der Waals surface area contributed by atoms with Gasteiger partial charge in [-0.1, -0.05) is 48.5 Å². The van der Waals surface area contributed by atoms with E-state index in [-0.39, 0.29) is 11.3 Å². The molecule has 1 N–H and O–H groups in total. The van der Waals surface area contributed by atoms with Crippen molar-refractivity contribution in [2.24, 2.45) is 0 Å². The number of para-hydroxylation sites is 1. The first-order valence-electron chi connectivity index (χ1n) is 6.45. The van der Waals surface area contributed by atoms with E-state index in [1.54, 1.807) is 24.3 Å². The smallest absolute Gasteiger partial charge is 0.344 e. The number of phenols is 1. The fourth-order valence-corrected chi connectivity index (χ4v) is 1.74. The van der Waals surface area contributed by atoms with E-state index in [1.165, 1.54) is 19.2 Å². The molecule has 0 aliphatic heterocycles. The molecular formula is C17H16O4. The van der Waals surface area contributed by atoms with Crippen LogP contribution in [0.2, 0.25) is 0 Å². The highest BCUT2D eigenvalue weighted by molar-refractivity contribution is 5.92. The highest BCUT2D eigenvalue weighted by Gasteiger charge is 2.15. The van der Waals surface area contributed by atoms with E-state index in [4.69, 9.17) is 9.47 Å². The Labute approximate surface area is 123 Å². The van der Waals surface area contributed by atoms with Gasteiger partial charge in [0.2, 0.25) is 6.29 Å². The number of carbonyl (C=O) groups excluding carboxylic acids is 1. The van der Waals surface area contributed by atoms with E-state index in [9.17, 15) is 9.90 Å². The Hall–Kier alpha value is -2.59. The Morgan fingerprint density at radius 2 is 1.76 bits per heavy atom. The molecule has 108 valence electrons. The minimum absolute atomic E-state index is 0.104. The molecule has 0 spiro atoms. The van der Waals surface area contributed by atoms with E-state index < -0.39 is 12.3 Å². The highest BCUT2D eigenvalue weighted by Crippen LogP contribution is 2.17. The summed E-state index contributed by atoms with van der Waals surface area (Å²) in [6.07, 6.45) is 2.61. The maximum absolute atomic E-state index is 12.0. The second kappa shape index (κ2) is 7.26. The van der Waals surface area contributed by atoms with Gasteiger partial charge in [-0.3, -0.25) is 0 Å². The molecule has 0 bridgehead atoms. The van der Waals surface area contributed by atoms with Gasteiger partial charge < -0.3 is 14.6 Å². The van der Waals surface area contributed by atoms with Gasteiger partial charge in [-0.2, -0.15) is 0 Å². The molecule has 0 heterocycles. The summed E-state index contributed by atoms with van der Waals surface area (Å²) in [5, 5.41) is 9.61. The topological polar surface area (TPSA) is 55.8 Å². The van der Waals surface area contributed by atoms with Gasteiger partial charge in [0.25, 0.3) is 0 Å². The predicted molar refractivity (Wildman–Crippen MR) is 79.8 cm³/mol. The summed E-state index contributed by atoms with van der Waals surface area (Å²) in [6.45, 7) is 0. The summed E-state index contributed by atoms with van der Waals surface area (Å²) in [5.41, 5.74) is 1.07. The first-order valence-corrected chi connectivity index (χ1v) is 6.45. The van der Waals surface area contributed by atoms with Gasteiger partial charge in [0, 0.05) is 7.11 Å². The van der Waals surface area contributed by atoms with Crippen LogP contribution >= 0.6 is 0 Å². The SMILES string of the molecule is COC(/C=C/c1ccccc1)OC(=O)c1ccccc1O. The van der Waals surface area contributed by atoms with Crippen molar-refractivity contribution < 1.29 is 19.4 Å². The average Bonchev–Trinajstić information content (AvgIpc) is 2.52. The fraction of sp³-hybridized carbons (Fsp3) is 0.118. The van der Waals surface area contributed by atoms with Gasteiger partial charge in [-0.05, 0) is 23.8 Å². The van der Waals surface area contributed by atoms with Crippen molar-refractivity contribution >= 4 is 12.0 Å². The molecule has 0 amide bonds. The normalized spacial score (nSPS) is 12.2. The van der Waals surface area contributed by atoms with Crippen LogP contribution in [0, 0.1) is 0 Å². The van der Waals surface area contributed by atoms with Crippen molar-refractivity contribution in [1.29, 1.82) is 0 Å². The third-order valence-electron chi connectivity index (χ3n) is 2.82. The molecule has 2 aromatic rings. The Morgan fingerprint density at radius 1 is 1.10 bits per heavy atom. The molecule has 1 unspecified atom stereocenters. The third kappa shape index (κ3) is 4.19. The van der Waals surface area contributed by atoms with E-state index in [0.717, 1.165) is 5.56 Å². The summed E-state index contributed by atoms with van der Waals surface area (Å²) in [7, 11) is 1.44. The van der Waals surface area contributed by atoms with Crippen molar-refractivity contribution in [1.82, 2.24) is 0 Å². The number of hydrogen-bond acceptors (Lipinski definition) is 4. The van der Waals surface area contributed by atoms with Gasteiger partial charge in [-0.15, -0.1) is 0 Å². The van der Waals surface area contributed by atoms with Crippen molar-refractivity contribution in [3.05, 3.63) is 71.8 Å². The van der Waals surface area contributed by atoms with E-state index in [0.29, 0.717) is 0 Å². The number of carbonyl (C=O) groups is 1. The first-order chi connectivity index (χ1) is 10.2. The molecule has 0 fully saturated rings. The lowest BCUT2D eigenvalue weighted by Crippen LogP contribution is -2.18. The van der Waals surface area contributed by atoms with Crippen LogP contribution < -0.4 is 0 Å². The maximum Gasteiger partial charge on any atom is 0.344 e. The molecule has 1 atom stereocenters. The number of benzene rings is 2. The maximum atomic E-state index is 12.0. The zero-order valence-corrected chi connectivity index (χ0v) is 11.6. The molecule has 21 heavy (non-hydrogen) atoms. The van der Waals surface area contributed by atoms with Crippen LogP contribution in [0.3, 0.4) is 0 Å². The largest absolute Gasteiger partial charge is 0.507 e. The predicted octanol–water partition coefficient (Wildman–Crippen LogP) is 3.23. The molecule has 0 saturated heterocycles. The number of esters is 1. The number of rotatable bonds is 5. The van der Waals surface area contributed by atoms with E-state index in [2.05, 4.69) is 0 Å². The van der Waals surface area contributed by atoms with Crippen LogP contribution in [-0.2, 0) is 9.47 Å². The summed E-state index contributed by atoms with van der Waals surface area (Å²) in [5.74, 6) is -0.762. The number of hydrogen-bond donors (Lipinski definition) is 1. The molecule has 2 aromatic carbocycles. The lowest BCUT2D eigenvalue weighted by molar-refractivity contribution is -0.0593. The minimum Gasteiger partial charge on any atom is -0.507 e. The fourth-order valence-electron chi connectivity index (χ4n) is 1.74. The zero-order chi connectivity index (χ0) is 15.1. The Kier molecular flexibility index (Phi) is 5.12. The number of ether oxygens (including phenoxy) is 2. The van der Waals surface area contributed by atoms with Crippen molar-refractivity contribution in [3.63, 3.8) is 0 Å². The van der Waals surface area contributed by atoms with Crippen LogP contribution in [0.15, 0.2) is 60.7 Å². The first kappa shape index (κ1) is 14.8. The zero-order valence-electron chi connectivity index (χ0n) is 11.6. The van der Waals surface area contributed by atoms with Crippen LogP contribution in [0.1, 0.15) is 15.9 Å². The van der Waals surface area contributed by atoms with Gasteiger partial charge in [0.15, 0.2) is 0 Å². The number of methoxy groups -OCH3 is 1. The summed E-state index contributed by atoms with van der Waals surface area (Å²) >= 11 is 0. The minimum atomic E-state index is -0.822. The molecule has 0 radical (unpaired) electrons. The standard InChI is InChI=1S/C17H16O4/c1-20-16(12-11-13-7-3-2-4-8-13)21-17(19)14-9-5-6-10-15(14)18/h2-12,16,18H,1H3/b12-11+. The average molecular weight is 284 g/mol. The lowest BCUT2D eigenvalue weighted by Gasteiger charge is -2.13. The summed E-state index contributed by atoms with van der Waals surface area (Å²) in [6, 6.07) is 15.8. The van der Waals surface area contributed by atoms with Crippen LogP contribution in [-0.4, -0.2) is 24.5 Å². The van der Waals surface area contributed by atoms with Crippen molar-refractivity contribution in [2.45, 2.75) is 6.29 Å². The van der Waals surface area contributed by atoms with Gasteiger partial charge >= 0.3 is 5.97 Å². The number of aromatic hydroxyl groups is 1. The molecule has 0 saturated carbocycles. The van der Waals surface area contributed by atoms with Crippen LogP contribution in [0.25, 0.3) is 6.08 Å². The lowest BCUT2D eigenvalue weighted by atomic mass is 10.2. The quantitative estimate of drug-likeness (QED) is 0.676. The Morgan fingerprint density at radius 3 is 2.43 bits per heavy atom. The molecule has 4 nitrogen and oxygen atoms in total. The monoisotopic (exact) mass is 284 g/mol. The second-order valence-corrected chi connectivity index (χ2v) is 4.30. The molecule has 0 aliphatic rings. The van der Waals surface area contributed by atoms with Crippen molar-refractivity contribution in [2.75, 3.05) is 7.11 Å². The molecular weight excluding hydrogens is 268 g/mol. The van der Waals surface area contributed by atoms with Crippen LogP contribution in [0.4, 0.5) is 0 Å². The number of phenolic OH excluding ortho intramolecular Hbond substituents is 1. The van der Waals surface area contributed by atoms with Crippen LogP contribution in [0.5, 0.6) is 5.75 Å². The van der Waals surface area contributed by atoms with E-state index in [1.807, 2.05) is 30.3 Å². The van der Waals surface area contributed by atoms with E-state index >= 15 is 0 Å². The summed E-state index contributed by atoms with van der Waals surface area (Å²) < 4.78 is 10.3. The van der Waals surface area contributed by atoms with Gasteiger partial charge in [0.05, 0.1) is 0 Å². The Bertz CT molecular complexity index is 620. The van der Waals surface area contributed by atoms with Gasteiger partial charge in [-0.25, -0.2) is 4.79 Å². The van der Waals surface area contributed by atoms with Crippen molar-refractivity contribution in [3.8, 4) is 5.75 Å². The second-order valence-electron chi connectivity index (χ2n) is 4.30. The summed E-state index contributed by atoms with van der Waals surface area (Å²) in [4.78, 5) is 12.0. The molecule has 0 aromatic heterocycles.